The Morgan fingerprint density at radius 3 is 2.39 bits per heavy atom. The molecule has 0 bridgehead atoms. The van der Waals surface area contributed by atoms with Crippen LogP contribution in [0.4, 0.5) is 0 Å². The van der Waals surface area contributed by atoms with Gasteiger partial charge in [-0.3, -0.25) is 4.90 Å². The molecule has 1 rings (SSSR count). The zero-order valence-corrected chi connectivity index (χ0v) is 14.6. The van der Waals surface area contributed by atoms with Crippen LogP contribution in [0.15, 0.2) is 12.2 Å². The molecule has 106 valence electrons. The number of rotatable bonds is 8. The van der Waals surface area contributed by atoms with E-state index in [0.717, 1.165) is 13.1 Å². The van der Waals surface area contributed by atoms with E-state index < -0.39 is 0 Å². The lowest BCUT2D eigenvalue weighted by molar-refractivity contribution is -0.0681. The molecule has 18 heavy (non-hydrogen) atoms. The summed E-state index contributed by atoms with van der Waals surface area (Å²) in [6.07, 6.45) is 7.50. The molecule has 0 aromatic carbocycles. The lowest BCUT2D eigenvalue weighted by Gasteiger charge is -2.35. The molecule has 0 amide bonds. The van der Waals surface area contributed by atoms with Gasteiger partial charge in [0.1, 0.15) is 0 Å². The molecule has 0 aliphatic carbocycles. The fourth-order valence-electron chi connectivity index (χ4n) is 2.71. The van der Waals surface area contributed by atoms with Gasteiger partial charge in [-0.2, -0.15) is 0 Å². The molecule has 0 saturated carbocycles. The van der Waals surface area contributed by atoms with Crippen LogP contribution in [0.1, 0.15) is 46.0 Å². The van der Waals surface area contributed by atoms with Gasteiger partial charge in [0.2, 0.25) is 0 Å². The minimum absolute atomic E-state index is 0.408. The summed E-state index contributed by atoms with van der Waals surface area (Å²) in [6, 6.07) is 1.28. The van der Waals surface area contributed by atoms with Crippen molar-refractivity contribution in [2.75, 3.05) is 19.6 Å². The third kappa shape index (κ3) is 6.71. The summed E-state index contributed by atoms with van der Waals surface area (Å²) in [5, 5.41) is 0. The lowest BCUT2D eigenvalue weighted by Crippen LogP contribution is -2.45. The summed E-state index contributed by atoms with van der Waals surface area (Å²) in [4.78, 5) is 2.56. The Morgan fingerprint density at radius 2 is 1.78 bits per heavy atom. The molecule has 2 nitrogen and oxygen atoms in total. The van der Waals surface area contributed by atoms with E-state index in [-0.39, 0.29) is 0 Å². The summed E-state index contributed by atoms with van der Waals surface area (Å²) in [7, 11) is 1.28. The Kier molecular flexibility index (Phi) is 7.87. The second-order valence-electron chi connectivity index (χ2n) is 5.78. The number of hydrogen-bond donors (Lipinski definition) is 0. The average Bonchev–Trinajstić information content (AvgIpc) is 2.32. The van der Waals surface area contributed by atoms with Gasteiger partial charge in [-0.15, -0.1) is 6.58 Å². The molecule has 1 aliphatic rings. The van der Waals surface area contributed by atoms with E-state index in [1.807, 2.05) is 0 Å². The first-order chi connectivity index (χ1) is 8.61. The quantitative estimate of drug-likeness (QED) is 0.381. The fraction of sp³-hybridized carbons (Fsp3) is 0.867. The first-order valence-electron chi connectivity index (χ1n) is 7.66. The van der Waals surface area contributed by atoms with Crippen LogP contribution in [0.2, 0.25) is 6.04 Å². The highest BCUT2D eigenvalue weighted by molar-refractivity contribution is 6.10. The Hall–Kier alpha value is -0.123. The summed E-state index contributed by atoms with van der Waals surface area (Å²) in [5.74, 6) is 0. The zero-order chi connectivity index (χ0) is 13.4. The third-order valence-corrected chi connectivity index (χ3v) is 4.75. The highest BCUT2D eigenvalue weighted by atomic mass is 28.1. The van der Waals surface area contributed by atoms with E-state index in [1.54, 1.807) is 0 Å². The average molecular weight is 270 g/mol. The van der Waals surface area contributed by atoms with Crippen LogP contribution in [0.5, 0.6) is 0 Å². The first-order valence-corrected chi connectivity index (χ1v) is 9.07. The van der Waals surface area contributed by atoms with E-state index in [0.29, 0.717) is 12.2 Å². The van der Waals surface area contributed by atoms with Gasteiger partial charge in [0, 0.05) is 23.3 Å². The summed E-state index contributed by atoms with van der Waals surface area (Å²) >= 11 is 0. The van der Waals surface area contributed by atoms with Crippen molar-refractivity contribution in [2.45, 2.75) is 64.2 Å². The Bertz CT molecular complexity index is 235. The van der Waals surface area contributed by atoms with Crippen molar-refractivity contribution in [1.82, 2.24) is 4.90 Å². The van der Waals surface area contributed by atoms with Crippen molar-refractivity contribution in [3.05, 3.63) is 12.2 Å². The van der Waals surface area contributed by atoms with Gasteiger partial charge in [0.15, 0.2) is 0 Å². The summed E-state index contributed by atoms with van der Waals surface area (Å²) < 4.78 is 5.75. The number of hydrogen-bond acceptors (Lipinski definition) is 2. The number of allylic oxidation sites excluding steroid dienone is 1. The van der Waals surface area contributed by atoms with Crippen molar-refractivity contribution >= 4 is 10.2 Å². The Morgan fingerprint density at radius 1 is 1.17 bits per heavy atom. The largest absolute Gasteiger partial charge is 0.373 e. The SMILES string of the molecule is C=C(C[SiH3])CCCCCCN1CC(C)OC(C)C1. The first kappa shape index (κ1) is 15.9. The number of nitrogens with zero attached hydrogens (tertiary/aromatic N) is 1. The molecule has 0 N–H and O–H groups in total. The molecule has 1 heterocycles. The van der Waals surface area contributed by atoms with E-state index in [9.17, 15) is 0 Å². The molecule has 0 aromatic heterocycles. The van der Waals surface area contributed by atoms with Gasteiger partial charge in [0.25, 0.3) is 0 Å². The highest BCUT2D eigenvalue weighted by Gasteiger charge is 2.21. The summed E-state index contributed by atoms with van der Waals surface area (Å²) in [6.45, 7) is 11.9. The normalized spacial score (nSPS) is 25.4. The van der Waals surface area contributed by atoms with Gasteiger partial charge in [-0.25, -0.2) is 0 Å². The smallest absolute Gasteiger partial charge is 0.0678 e. The summed E-state index contributed by atoms with van der Waals surface area (Å²) in [5.41, 5.74) is 1.47. The zero-order valence-electron chi connectivity index (χ0n) is 12.6. The highest BCUT2D eigenvalue weighted by Crippen LogP contribution is 2.13. The molecular weight excluding hydrogens is 238 g/mol. The maximum Gasteiger partial charge on any atom is 0.0678 e. The topological polar surface area (TPSA) is 12.5 Å². The van der Waals surface area contributed by atoms with Crippen molar-refractivity contribution in [3.63, 3.8) is 0 Å². The van der Waals surface area contributed by atoms with E-state index >= 15 is 0 Å². The molecule has 3 heteroatoms. The maximum atomic E-state index is 5.75. The predicted molar refractivity (Wildman–Crippen MR) is 83.4 cm³/mol. The fourth-order valence-corrected chi connectivity index (χ4v) is 3.06. The van der Waals surface area contributed by atoms with Crippen molar-refractivity contribution < 1.29 is 4.74 Å². The number of ether oxygens (including phenoxy) is 1. The Labute approximate surface area is 116 Å². The van der Waals surface area contributed by atoms with Gasteiger partial charge in [-0.05, 0) is 45.7 Å². The van der Waals surface area contributed by atoms with Crippen LogP contribution in [0, 0.1) is 0 Å². The molecule has 2 unspecified atom stereocenters. The van der Waals surface area contributed by atoms with Gasteiger partial charge in [0.05, 0.1) is 12.2 Å². The Balaban J connectivity index is 1.99. The van der Waals surface area contributed by atoms with Crippen LogP contribution < -0.4 is 0 Å². The van der Waals surface area contributed by atoms with Gasteiger partial charge >= 0.3 is 0 Å². The second-order valence-corrected chi connectivity index (χ2v) is 6.49. The van der Waals surface area contributed by atoms with Crippen molar-refractivity contribution in [2.24, 2.45) is 0 Å². The molecule has 0 radical (unpaired) electrons. The molecule has 2 atom stereocenters. The lowest BCUT2D eigenvalue weighted by atomic mass is 10.1. The van der Waals surface area contributed by atoms with E-state index in [1.165, 1.54) is 60.5 Å². The van der Waals surface area contributed by atoms with Crippen molar-refractivity contribution in [3.8, 4) is 0 Å². The van der Waals surface area contributed by atoms with Crippen LogP contribution in [-0.2, 0) is 4.74 Å². The van der Waals surface area contributed by atoms with Crippen LogP contribution in [0.3, 0.4) is 0 Å². The van der Waals surface area contributed by atoms with Crippen LogP contribution >= 0.6 is 0 Å². The number of unbranched alkanes of at least 4 members (excludes halogenated alkanes) is 3. The monoisotopic (exact) mass is 269 g/mol. The maximum absolute atomic E-state index is 5.75. The third-order valence-electron chi connectivity index (χ3n) is 3.75. The molecule has 1 saturated heterocycles. The van der Waals surface area contributed by atoms with Crippen molar-refractivity contribution in [1.29, 1.82) is 0 Å². The van der Waals surface area contributed by atoms with E-state index in [4.69, 9.17) is 4.74 Å². The molecule has 0 aromatic rings. The van der Waals surface area contributed by atoms with E-state index in [2.05, 4.69) is 25.3 Å². The van der Waals surface area contributed by atoms with Crippen LogP contribution in [-0.4, -0.2) is 47.0 Å². The van der Waals surface area contributed by atoms with Crippen LogP contribution in [0.25, 0.3) is 0 Å². The van der Waals surface area contributed by atoms with Gasteiger partial charge in [-0.1, -0.05) is 18.4 Å². The minimum Gasteiger partial charge on any atom is -0.373 e. The molecular formula is C15H31NOSi. The molecule has 0 spiro atoms. The molecule has 1 fully saturated rings. The molecule has 1 aliphatic heterocycles. The number of morpholine rings is 1. The standard InChI is InChI=1S/C15H31NOSi/c1-13(12-18)8-6-4-5-7-9-16-10-14(2)17-15(3)11-16/h14-15H,1,4-12H2,2-3,18H3. The minimum atomic E-state index is 0.408. The predicted octanol–water partition coefficient (Wildman–Crippen LogP) is 2.39. The van der Waals surface area contributed by atoms with Gasteiger partial charge < -0.3 is 4.74 Å². The second kappa shape index (κ2) is 8.89.